The number of benzene rings is 2. The molecule has 2 heterocycles. The molecule has 5 nitrogen and oxygen atoms in total. The van der Waals surface area contributed by atoms with E-state index in [1.54, 1.807) is 0 Å². The molecule has 1 aliphatic heterocycles. The molecule has 1 atom stereocenters. The maximum Gasteiger partial charge on any atom is 0.258 e. The van der Waals surface area contributed by atoms with Crippen LogP contribution in [0.5, 0.6) is 0 Å². The van der Waals surface area contributed by atoms with Crippen LogP contribution in [-0.2, 0) is 13.1 Å². The van der Waals surface area contributed by atoms with Gasteiger partial charge in [0.2, 0.25) is 0 Å². The molecule has 6 heteroatoms. The molecule has 0 spiro atoms. The second kappa shape index (κ2) is 7.50. The number of anilines is 1. The monoisotopic (exact) mass is 378 g/mol. The van der Waals surface area contributed by atoms with Crippen molar-refractivity contribution in [3.05, 3.63) is 92.5 Å². The first-order chi connectivity index (χ1) is 13.1. The Kier molecular flexibility index (Phi) is 4.92. The van der Waals surface area contributed by atoms with E-state index >= 15 is 0 Å². The minimum Gasteiger partial charge on any atom is -0.358 e. The summed E-state index contributed by atoms with van der Waals surface area (Å²) in [6, 6.07) is 20.7. The van der Waals surface area contributed by atoms with Crippen LogP contribution in [0.4, 0.5) is 5.82 Å². The number of nitrogens with one attached hydrogen (secondary N) is 2. The highest BCUT2D eigenvalue weighted by molar-refractivity contribution is 7.71. The highest BCUT2D eigenvalue weighted by Gasteiger charge is 2.25. The third-order valence-electron chi connectivity index (χ3n) is 5.12. The van der Waals surface area contributed by atoms with E-state index in [1.165, 1.54) is 5.56 Å². The van der Waals surface area contributed by atoms with Gasteiger partial charge in [0.25, 0.3) is 5.56 Å². The third-order valence-corrected chi connectivity index (χ3v) is 5.44. The zero-order valence-corrected chi connectivity index (χ0v) is 16.0. The lowest BCUT2D eigenvalue weighted by atomic mass is 10.1. The van der Waals surface area contributed by atoms with Gasteiger partial charge in [0.1, 0.15) is 5.82 Å². The number of rotatable bonds is 4. The van der Waals surface area contributed by atoms with Crippen LogP contribution in [0.15, 0.2) is 65.5 Å². The second-order valence-corrected chi connectivity index (χ2v) is 7.21. The van der Waals surface area contributed by atoms with E-state index in [-0.39, 0.29) is 11.6 Å². The van der Waals surface area contributed by atoms with Gasteiger partial charge in [-0.3, -0.25) is 14.7 Å². The van der Waals surface area contributed by atoms with Gasteiger partial charge in [-0.1, -0.05) is 60.7 Å². The molecule has 2 aromatic carbocycles. The van der Waals surface area contributed by atoms with E-state index in [1.807, 2.05) is 41.0 Å². The number of hydrogen-bond acceptors (Lipinski definition) is 4. The fourth-order valence-corrected chi connectivity index (χ4v) is 3.78. The quantitative estimate of drug-likeness (QED) is 0.676. The van der Waals surface area contributed by atoms with Crippen molar-refractivity contribution in [3.8, 4) is 0 Å². The van der Waals surface area contributed by atoms with E-state index in [9.17, 15) is 4.79 Å². The largest absolute Gasteiger partial charge is 0.358 e. The first-order valence-corrected chi connectivity index (χ1v) is 9.47. The predicted octanol–water partition coefficient (Wildman–Crippen LogP) is 3.90. The Balaban J connectivity index is 1.67. The predicted molar refractivity (Wildman–Crippen MR) is 110 cm³/mol. The van der Waals surface area contributed by atoms with E-state index in [4.69, 9.17) is 12.2 Å². The Morgan fingerprint density at radius 3 is 2.44 bits per heavy atom. The van der Waals surface area contributed by atoms with Crippen LogP contribution >= 0.6 is 12.2 Å². The highest BCUT2D eigenvalue weighted by Crippen LogP contribution is 2.27. The van der Waals surface area contributed by atoms with Gasteiger partial charge < -0.3 is 9.88 Å². The molecule has 0 aliphatic carbocycles. The van der Waals surface area contributed by atoms with Gasteiger partial charge >= 0.3 is 0 Å². The fourth-order valence-electron chi connectivity index (χ4n) is 3.53. The van der Waals surface area contributed by atoms with E-state index < -0.39 is 0 Å². The number of nitrogens with zero attached hydrogens (tertiary/aromatic N) is 2. The Bertz CT molecular complexity index is 1040. The van der Waals surface area contributed by atoms with Gasteiger partial charge in [0.05, 0.1) is 18.8 Å². The molecular formula is C21H22N4OS. The Labute approximate surface area is 163 Å². The Hall–Kier alpha value is -2.70. The molecule has 0 radical (unpaired) electrons. The lowest BCUT2D eigenvalue weighted by Gasteiger charge is -2.35. The number of hydrogen-bond donors (Lipinski definition) is 2. The van der Waals surface area contributed by atoms with Crippen molar-refractivity contribution in [1.29, 1.82) is 0 Å². The van der Waals surface area contributed by atoms with Crippen LogP contribution in [0.3, 0.4) is 0 Å². The van der Waals surface area contributed by atoms with Crippen LogP contribution in [0.25, 0.3) is 0 Å². The van der Waals surface area contributed by atoms with Crippen molar-refractivity contribution in [2.75, 3.05) is 12.0 Å². The molecule has 0 saturated heterocycles. The molecule has 0 bridgehead atoms. The first-order valence-electron chi connectivity index (χ1n) is 9.06. The number of H-pyrrole nitrogens is 1. The second-order valence-electron chi connectivity index (χ2n) is 6.83. The van der Waals surface area contributed by atoms with Crippen molar-refractivity contribution >= 4 is 18.0 Å². The molecule has 3 aromatic rings. The summed E-state index contributed by atoms with van der Waals surface area (Å²) in [4.78, 5) is 17.7. The Morgan fingerprint density at radius 1 is 1.07 bits per heavy atom. The highest BCUT2D eigenvalue weighted by atomic mass is 32.1. The Morgan fingerprint density at radius 2 is 1.74 bits per heavy atom. The van der Waals surface area contributed by atoms with E-state index in [2.05, 4.69) is 46.4 Å². The summed E-state index contributed by atoms with van der Waals surface area (Å²) in [6.45, 7) is 4.03. The van der Waals surface area contributed by atoms with E-state index in [0.29, 0.717) is 24.5 Å². The minimum absolute atomic E-state index is 0.114. The summed E-state index contributed by atoms with van der Waals surface area (Å²) < 4.78 is 2.42. The van der Waals surface area contributed by atoms with Crippen LogP contribution in [-0.4, -0.2) is 21.1 Å². The molecule has 0 fully saturated rings. The van der Waals surface area contributed by atoms with Crippen molar-refractivity contribution in [2.45, 2.75) is 26.1 Å². The van der Waals surface area contributed by atoms with Crippen LogP contribution < -0.4 is 10.9 Å². The zero-order chi connectivity index (χ0) is 18.8. The molecule has 138 valence electrons. The molecule has 1 unspecified atom stereocenters. The average Bonchev–Trinajstić information content (AvgIpc) is 2.71. The van der Waals surface area contributed by atoms with Gasteiger partial charge in [-0.15, -0.1) is 0 Å². The van der Waals surface area contributed by atoms with Gasteiger partial charge in [0, 0.05) is 12.6 Å². The van der Waals surface area contributed by atoms with Gasteiger partial charge in [0.15, 0.2) is 4.77 Å². The molecule has 0 saturated carbocycles. The summed E-state index contributed by atoms with van der Waals surface area (Å²) in [7, 11) is 0. The van der Waals surface area contributed by atoms with Gasteiger partial charge in [-0.2, -0.15) is 0 Å². The summed E-state index contributed by atoms with van der Waals surface area (Å²) in [5.41, 5.74) is 2.99. The number of fused-ring (bicyclic) bond motifs is 1. The van der Waals surface area contributed by atoms with Crippen LogP contribution in [0.1, 0.15) is 29.7 Å². The fraction of sp³-hybridized carbons (Fsp3) is 0.238. The third kappa shape index (κ3) is 3.59. The van der Waals surface area contributed by atoms with Crippen LogP contribution in [0, 0.1) is 4.77 Å². The maximum atomic E-state index is 12.6. The normalized spacial score (nSPS) is 15.0. The summed E-state index contributed by atoms with van der Waals surface area (Å²) >= 11 is 5.44. The van der Waals surface area contributed by atoms with Crippen molar-refractivity contribution < 1.29 is 0 Å². The van der Waals surface area contributed by atoms with Crippen molar-refractivity contribution in [2.24, 2.45) is 0 Å². The molecule has 0 amide bonds. The molecular weight excluding hydrogens is 356 g/mol. The van der Waals surface area contributed by atoms with Crippen molar-refractivity contribution in [1.82, 2.24) is 14.5 Å². The molecule has 1 aliphatic rings. The summed E-state index contributed by atoms with van der Waals surface area (Å²) in [6.07, 6.45) is 0. The standard InChI is InChI=1S/C21H22N4OS/c1-15(17-10-6-3-7-11-17)24-13-18-19(22-14-24)25(21(27)23-20(18)26)12-16-8-4-2-5-9-16/h2-11,15,22H,12-14H2,1H3,(H,23,26,27). The average molecular weight is 379 g/mol. The van der Waals surface area contributed by atoms with Crippen molar-refractivity contribution in [3.63, 3.8) is 0 Å². The van der Waals surface area contributed by atoms with Gasteiger partial charge in [-0.25, -0.2) is 0 Å². The maximum absolute atomic E-state index is 12.6. The zero-order valence-electron chi connectivity index (χ0n) is 15.2. The molecule has 27 heavy (non-hydrogen) atoms. The smallest absolute Gasteiger partial charge is 0.258 e. The van der Waals surface area contributed by atoms with Gasteiger partial charge in [-0.05, 0) is 30.3 Å². The molecule has 4 rings (SSSR count). The lowest BCUT2D eigenvalue weighted by molar-refractivity contribution is 0.206. The summed E-state index contributed by atoms with van der Waals surface area (Å²) in [5.74, 6) is 0.823. The lowest BCUT2D eigenvalue weighted by Crippen LogP contribution is -2.40. The molecule has 1 aromatic heterocycles. The number of aromatic amines is 1. The summed E-state index contributed by atoms with van der Waals surface area (Å²) in [5, 5.41) is 3.44. The molecule has 2 N–H and O–H groups in total. The topological polar surface area (TPSA) is 53.1 Å². The minimum atomic E-state index is -0.114. The van der Waals surface area contributed by atoms with Crippen LogP contribution in [0.2, 0.25) is 0 Å². The SMILES string of the molecule is CC(c1ccccc1)N1CNc2c(c(=O)[nH]c(=S)n2Cc2ccccc2)C1. The van der Waals surface area contributed by atoms with E-state index in [0.717, 1.165) is 16.9 Å². The number of aromatic nitrogens is 2. The first kappa shape index (κ1) is 17.7.